The largest absolute Gasteiger partial charge is 0.390 e. The van der Waals surface area contributed by atoms with E-state index in [1.807, 2.05) is 0 Å². The molecule has 14 heavy (non-hydrogen) atoms. The van der Waals surface area contributed by atoms with Gasteiger partial charge in [-0.3, -0.25) is 0 Å². The van der Waals surface area contributed by atoms with E-state index in [1.54, 1.807) is 0 Å². The van der Waals surface area contributed by atoms with Crippen molar-refractivity contribution in [2.24, 2.45) is 17.8 Å². The Hall–Kier alpha value is -0.0400. The van der Waals surface area contributed by atoms with Gasteiger partial charge in [0.2, 0.25) is 0 Å². The molecule has 0 bridgehead atoms. The molecule has 0 amide bonds. The van der Waals surface area contributed by atoms with E-state index in [0.717, 1.165) is 24.7 Å². The highest BCUT2D eigenvalue weighted by molar-refractivity contribution is 4.86. The van der Waals surface area contributed by atoms with Crippen molar-refractivity contribution in [3.8, 4) is 0 Å². The summed E-state index contributed by atoms with van der Waals surface area (Å²) in [6.07, 6.45) is 5.75. The van der Waals surface area contributed by atoms with Gasteiger partial charge in [-0.15, -0.1) is 0 Å². The van der Waals surface area contributed by atoms with Gasteiger partial charge in [-0.2, -0.15) is 0 Å². The van der Waals surface area contributed by atoms with Gasteiger partial charge < -0.3 is 5.11 Å². The van der Waals surface area contributed by atoms with E-state index in [1.165, 1.54) is 19.3 Å². The van der Waals surface area contributed by atoms with E-state index < -0.39 is 0 Å². The summed E-state index contributed by atoms with van der Waals surface area (Å²) in [6.45, 7) is 8.92. The Morgan fingerprint density at radius 1 is 1.07 bits per heavy atom. The average molecular weight is 198 g/mol. The molecule has 1 saturated carbocycles. The Kier molecular flexibility index (Phi) is 4.00. The lowest BCUT2D eigenvalue weighted by molar-refractivity contribution is -0.0200. The van der Waals surface area contributed by atoms with E-state index in [-0.39, 0.29) is 5.60 Å². The summed E-state index contributed by atoms with van der Waals surface area (Å²) in [5.74, 6) is 2.03. The third-order valence-corrected chi connectivity index (χ3v) is 4.15. The topological polar surface area (TPSA) is 20.2 Å². The molecule has 0 aromatic carbocycles. The summed E-state index contributed by atoms with van der Waals surface area (Å²) < 4.78 is 0. The van der Waals surface area contributed by atoms with Gasteiger partial charge in [-0.25, -0.2) is 0 Å². The van der Waals surface area contributed by atoms with Crippen LogP contribution in [0.3, 0.4) is 0 Å². The van der Waals surface area contributed by atoms with Crippen molar-refractivity contribution in [2.75, 3.05) is 0 Å². The van der Waals surface area contributed by atoms with Crippen molar-refractivity contribution >= 4 is 0 Å². The van der Waals surface area contributed by atoms with Gasteiger partial charge in [0.15, 0.2) is 0 Å². The molecular weight excluding hydrogens is 172 g/mol. The van der Waals surface area contributed by atoms with Crippen molar-refractivity contribution in [3.63, 3.8) is 0 Å². The molecule has 2 unspecified atom stereocenters. The van der Waals surface area contributed by atoms with E-state index in [9.17, 15) is 5.11 Å². The van der Waals surface area contributed by atoms with Crippen LogP contribution in [0, 0.1) is 17.8 Å². The van der Waals surface area contributed by atoms with Crippen LogP contribution in [0.4, 0.5) is 0 Å². The molecule has 0 aromatic heterocycles. The molecule has 1 rings (SSSR count). The molecule has 1 N–H and O–H groups in total. The van der Waals surface area contributed by atoms with Crippen LogP contribution in [-0.4, -0.2) is 10.7 Å². The summed E-state index contributed by atoms with van der Waals surface area (Å²) in [5.41, 5.74) is -0.371. The van der Waals surface area contributed by atoms with Gasteiger partial charge in [-0.1, -0.05) is 40.5 Å². The number of hydrogen-bond acceptors (Lipinski definition) is 1. The second-order valence-electron chi connectivity index (χ2n) is 5.69. The molecule has 1 aliphatic rings. The normalized spacial score (nSPS) is 34.9. The third-order valence-electron chi connectivity index (χ3n) is 4.15. The lowest BCUT2D eigenvalue weighted by atomic mass is 9.82. The Bertz CT molecular complexity index is 174. The minimum Gasteiger partial charge on any atom is -0.390 e. The average Bonchev–Trinajstić information content (AvgIpc) is 2.28. The highest BCUT2D eigenvalue weighted by Crippen LogP contribution is 2.37. The zero-order valence-electron chi connectivity index (χ0n) is 10.2. The van der Waals surface area contributed by atoms with Crippen LogP contribution in [0.1, 0.15) is 59.8 Å². The fraction of sp³-hybridized carbons (Fsp3) is 1.00. The molecule has 1 aliphatic carbocycles. The third kappa shape index (κ3) is 2.73. The summed E-state index contributed by atoms with van der Waals surface area (Å²) in [5, 5.41) is 10.4. The van der Waals surface area contributed by atoms with Gasteiger partial charge in [0.05, 0.1) is 5.60 Å². The molecule has 0 aliphatic heterocycles. The van der Waals surface area contributed by atoms with Crippen LogP contribution >= 0.6 is 0 Å². The first-order valence-corrected chi connectivity index (χ1v) is 6.18. The van der Waals surface area contributed by atoms with Gasteiger partial charge in [0.25, 0.3) is 0 Å². The van der Waals surface area contributed by atoms with Crippen molar-refractivity contribution in [1.29, 1.82) is 0 Å². The predicted molar refractivity (Wildman–Crippen MR) is 61.2 cm³/mol. The van der Waals surface area contributed by atoms with Crippen molar-refractivity contribution in [1.82, 2.24) is 0 Å². The molecule has 84 valence electrons. The first kappa shape index (κ1) is 12.0. The van der Waals surface area contributed by atoms with E-state index >= 15 is 0 Å². The Labute approximate surface area is 88.9 Å². The van der Waals surface area contributed by atoms with Gasteiger partial charge >= 0.3 is 0 Å². The van der Waals surface area contributed by atoms with E-state index in [4.69, 9.17) is 0 Å². The summed E-state index contributed by atoms with van der Waals surface area (Å²) in [4.78, 5) is 0. The first-order chi connectivity index (χ1) is 6.46. The fourth-order valence-electron chi connectivity index (χ4n) is 2.62. The van der Waals surface area contributed by atoms with Crippen LogP contribution in [-0.2, 0) is 0 Å². The van der Waals surface area contributed by atoms with Crippen LogP contribution in [0.5, 0.6) is 0 Å². The Morgan fingerprint density at radius 3 is 2.21 bits per heavy atom. The zero-order valence-corrected chi connectivity index (χ0v) is 10.2. The molecule has 0 saturated heterocycles. The van der Waals surface area contributed by atoms with Gasteiger partial charge in [-0.05, 0) is 37.0 Å². The molecule has 0 radical (unpaired) electrons. The predicted octanol–water partition coefficient (Wildman–Crippen LogP) is 3.61. The second-order valence-corrected chi connectivity index (χ2v) is 5.69. The van der Waals surface area contributed by atoms with Gasteiger partial charge in [0, 0.05) is 0 Å². The highest BCUT2D eigenvalue weighted by Gasteiger charge is 2.34. The second kappa shape index (κ2) is 4.65. The molecule has 1 fully saturated rings. The summed E-state index contributed by atoms with van der Waals surface area (Å²) in [6, 6.07) is 0. The minimum absolute atomic E-state index is 0.371. The van der Waals surface area contributed by atoms with Crippen molar-refractivity contribution < 1.29 is 5.11 Å². The number of hydrogen-bond donors (Lipinski definition) is 1. The smallest absolute Gasteiger partial charge is 0.0670 e. The van der Waals surface area contributed by atoms with Crippen LogP contribution in [0.2, 0.25) is 0 Å². The molecule has 1 heteroatoms. The fourth-order valence-corrected chi connectivity index (χ4v) is 2.62. The lowest BCUT2D eigenvalue weighted by Gasteiger charge is -2.31. The molecule has 0 heterocycles. The SMILES string of the molecule is CC(C)C1CCCC(O)(C(C)C)CC1. The molecule has 2 atom stereocenters. The summed E-state index contributed by atoms with van der Waals surface area (Å²) >= 11 is 0. The molecule has 1 nitrogen and oxygen atoms in total. The molecule has 0 aromatic rings. The first-order valence-electron chi connectivity index (χ1n) is 6.18. The molecule has 0 spiro atoms. The molecular formula is C13H26O. The van der Waals surface area contributed by atoms with Crippen molar-refractivity contribution in [3.05, 3.63) is 0 Å². The maximum Gasteiger partial charge on any atom is 0.0670 e. The minimum atomic E-state index is -0.371. The van der Waals surface area contributed by atoms with Gasteiger partial charge in [0.1, 0.15) is 0 Å². The van der Waals surface area contributed by atoms with E-state index in [2.05, 4.69) is 27.7 Å². The van der Waals surface area contributed by atoms with Crippen LogP contribution < -0.4 is 0 Å². The number of rotatable bonds is 2. The maximum atomic E-state index is 10.4. The number of aliphatic hydroxyl groups is 1. The highest BCUT2D eigenvalue weighted by atomic mass is 16.3. The monoisotopic (exact) mass is 198 g/mol. The van der Waals surface area contributed by atoms with Crippen molar-refractivity contribution in [2.45, 2.75) is 65.4 Å². The van der Waals surface area contributed by atoms with Crippen LogP contribution in [0.25, 0.3) is 0 Å². The summed E-state index contributed by atoms with van der Waals surface area (Å²) in [7, 11) is 0. The zero-order chi connectivity index (χ0) is 10.8. The maximum absolute atomic E-state index is 10.4. The Morgan fingerprint density at radius 2 is 1.71 bits per heavy atom. The standard InChI is InChI=1S/C13H26O/c1-10(2)12-6-5-8-13(14,9-7-12)11(3)4/h10-12,14H,5-9H2,1-4H3. The lowest BCUT2D eigenvalue weighted by Crippen LogP contribution is -2.34. The van der Waals surface area contributed by atoms with E-state index in [0.29, 0.717) is 5.92 Å². The Balaban J connectivity index is 2.56. The quantitative estimate of drug-likeness (QED) is 0.672. The van der Waals surface area contributed by atoms with Crippen LogP contribution in [0.15, 0.2) is 0 Å².